The normalized spacial score (nSPS) is 23.0. The molecule has 2 aliphatic rings. The molecule has 0 saturated carbocycles. The molecular weight excluding hydrogens is 279 g/mol. The number of nitrogens with zero attached hydrogens (tertiary/aromatic N) is 3. The maximum absolute atomic E-state index is 13.4. The van der Waals surface area contributed by atoms with Gasteiger partial charge in [-0.05, 0) is 25.0 Å². The number of halogens is 1. The highest BCUT2D eigenvalue weighted by molar-refractivity contribution is 5.64. The van der Waals surface area contributed by atoms with E-state index in [0.29, 0.717) is 12.1 Å². The zero-order valence-corrected chi connectivity index (χ0v) is 12.0. The van der Waals surface area contributed by atoms with E-state index < -0.39 is 0 Å². The van der Waals surface area contributed by atoms with Crippen molar-refractivity contribution in [2.24, 2.45) is 0 Å². The molecule has 1 N–H and O–H groups in total. The van der Waals surface area contributed by atoms with E-state index >= 15 is 0 Å². The van der Waals surface area contributed by atoms with Crippen molar-refractivity contribution in [2.75, 3.05) is 0 Å². The van der Waals surface area contributed by atoms with E-state index in [1.165, 1.54) is 36.2 Å². The van der Waals surface area contributed by atoms with Gasteiger partial charge in [0.05, 0.1) is 11.4 Å². The zero-order valence-electron chi connectivity index (χ0n) is 12.0. The molecule has 3 aromatic rings. The Labute approximate surface area is 127 Å². The Kier molecular flexibility index (Phi) is 2.44. The molecular formula is C17H15FN4. The largest absolute Gasteiger partial charge is 0.307 e. The summed E-state index contributed by atoms with van der Waals surface area (Å²) in [6.07, 6.45) is 5.33. The van der Waals surface area contributed by atoms with Crippen LogP contribution >= 0.6 is 0 Å². The van der Waals surface area contributed by atoms with Gasteiger partial charge in [0.2, 0.25) is 0 Å². The highest BCUT2D eigenvalue weighted by Gasteiger charge is 2.34. The molecule has 4 heterocycles. The molecule has 0 amide bonds. The predicted molar refractivity (Wildman–Crippen MR) is 81.0 cm³/mol. The molecule has 0 aliphatic carbocycles. The number of rotatable bonds is 1. The quantitative estimate of drug-likeness (QED) is 0.750. The average Bonchev–Trinajstić information content (AvgIpc) is 3.12. The van der Waals surface area contributed by atoms with Crippen molar-refractivity contribution < 1.29 is 4.39 Å². The first-order chi connectivity index (χ1) is 10.8. The van der Waals surface area contributed by atoms with Crippen LogP contribution in [0.15, 0.2) is 36.5 Å². The number of hydrogen-bond acceptors (Lipinski definition) is 3. The molecule has 5 heteroatoms. The van der Waals surface area contributed by atoms with E-state index in [2.05, 4.69) is 10.3 Å². The molecule has 1 aromatic carbocycles. The SMILES string of the molecule is Fc1cccc(-c2cc3ncc4c(n3n2)C[C@@H]2CC[C@@H]4N2)c1. The summed E-state index contributed by atoms with van der Waals surface area (Å²) in [7, 11) is 0. The van der Waals surface area contributed by atoms with E-state index in [-0.39, 0.29) is 5.82 Å². The molecule has 1 fully saturated rings. The molecule has 0 unspecified atom stereocenters. The Balaban J connectivity index is 1.70. The van der Waals surface area contributed by atoms with Crippen LogP contribution in [0.1, 0.15) is 30.1 Å². The van der Waals surface area contributed by atoms with Gasteiger partial charge in [0.1, 0.15) is 5.82 Å². The second kappa shape index (κ2) is 4.36. The monoisotopic (exact) mass is 294 g/mol. The summed E-state index contributed by atoms with van der Waals surface area (Å²) in [4.78, 5) is 4.55. The lowest BCUT2D eigenvalue weighted by atomic mass is 10.0. The number of hydrogen-bond donors (Lipinski definition) is 1. The van der Waals surface area contributed by atoms with Gasteiger partial charge in [0.25, 0.3) is 0 Å². The summed E-state index contributed by atoms with van der Waals surface area (Å²) in [6, 6.07) is 9.43. The molecule has 4 nitrogen and oxygen atoms in total. The van der Waals surface area contributed by atoms with E-state index in [1.807, 2.05) is 22.8 Å². The van der Waals surface area contributed by atoms with Gasteiger partial charge in [-0.25, -0.2) is 13.9 Å². The molecule has 1 saturated heterocycles. The standard InChI is InChI=1S/C17H15FN4/c18-11-3-1-2-10(6-11)15-8-17-19-9-13-14-5-4-12(20-14)7-16(13)22(17)21-15/h1-3,6,8-9,12,14,20H,4-5,7H2/t12-,14-/m0/s1. The van der Waals surface area contributed by atoms with Gasteiger partial charge in [-0.1, -0.05) is 12.1 Å². The van der Waals surface area contributed by atoms with E-state index in [9.17, 15) is 4.39 Å². The van der Waals surface area contributed by atoms with Gasteiger partial charge in [-0.3, -0.25) is 0 Å². The smallest absolute Gasteiger partial charge is 0.155 e. The van der Waals surface area contributed by atoms with Crippen molar-refractivity contribution in [3.05, 3.63) is 53.6 Å². The van der Waals surface area contributed by atoms with Crippen molar-refractivity contribution in [2.45, 2.75) is 31.3 Å². The van der Waals surface area contributed by atoms with Crippen molar-refractivity contribution in [3.63, 3.8) is 0 Å². The van der Waals surface area contributed by atoms with Gasteiger partial charge < -0.3 is 5.32 Å². The summed E-state index contributed by atoms with van der Waals surface area (Å²) in [5.74, 6) is -0.244. The highest BCUT2D eigenvalue weighted by Crippen LogP contribution is 2.35. The lowest BCUT2D eigenvalue weighted by Crippen LogP contribution is -2.33. The molecule has 2 atom stereocenters. The van der Waals surface area contributed by atoms with E-state index in [4.69, 9.17) is 5.10 Å². The predicted octanol–water partition coefficient (Wildman–Crippen LogP) is 2.88. The lowest BCUT2D eigenvalue weighted by Gasteiger charge is -2.24. The van der Waals surface area contributed by atoms with Gasteiger partial charge in [0, 0.05) is 41.9 Å². The molecule has 110 valence electrons. The van der Waals surface area contributed by atoms with Crippen molar-refractivity contribution in [3.8, 4) is 11.3 Å². The van der Waals surface area contributed by atoms with Crippen LogP contribution in [-0.4, -0.2) is 20.6 Å². The van der Waals surface area contributed by atoms with Crippen LogP contribution in [-0.2, 0) is 6.42 Å². The summed E-state index contributed by atoms with van der Waals surface area (Å²) in [5.41, 5.74) is 4.90. The molecule has 2 aromatic heterocycles. The number of fused-ring (bicyclic) bond motifs is 6. The summed E-state index contributed by atoms with van der Waals surface area (Å²) < 4.78 is 15.4. The van der Waals surface area contributed by atoms with E-state index in [0.717, 1.165) is 23.3 Å². The van der Waals surface area contributed by atoms with Crippen molar-refractivity contribution >= 4 is 5.65 Å². The molecule has 0 spiro atoms. The topological polar surface area (TPSA) is 42.2 Å². The Hall–Kier alpha value is -2.27. The fourth-order valence-electron chi connectivity index (χ4n) is 3.74. The van der Waals surface area contributed by atoms with Crippen molar-refractivity contribution in [1.29, 1.82) is 0 Å². The molecule has 22 heavy (non-hydrogen) atoms. The van der Waals surface area contributed by atoms with Gasteiger partial charge in [0.15, 0.2) is 5.65 Å². The third-order valence-electron chi connectivity index (χ3n) is 4.79. The van der Waals surface area contributed by atoms with Crippen LogP contribution in [0.4, 0.5) is 4.39 Å². The fraction of sp³-hybridized carbons (Fsp3) is 0.294. The Morgan fingerprint density at radius 2 is 2.18 bits per heavy atom. The van der Waals surface area contributed by atoms with Crippen LogP contribution in [0.2, 0.25) is 0 Å². The first-order valence-electron chi connectivity index (χ1n) is 7.67. The van der Waals surface area contributed by atoms with Crippen LogP contribution in [0.3, 0.4) is 0 Å². The van der Waals surface area contributed by atoms with Crippen molar-refractivity contribution in [1.82, 2.24) is 19.9 Å². The van der Waals surface area contributed by atoms with Crippen LogP contribution < -0.4 is 5.32 Å². The minimum Gasteiger partial charge on any atom is -0.307 e. The van der Waals surface area contributed by atoms with Crippen LogP contribution in [0.25, 0.3) is 16.9 Å². The Morgan fingerprint density at radius 3 is 3.09 bits per heavy atom. The Bertz CT molecular complexity index is 885. The molecule has 0 radical (unpaired) electrons. The third kappa shape index (κ3) is 1.72. The maximum atomic E-state index is 13.4. The van der Waals surface area contributed by atoms with E-state index in [1.54, 1.807) is 6.07 Å². The molecule has 5 rings (SSSR count). The lowest BCUT2D eigenvalue weighted by molar-refractivity contribution is 0.496. The minimum atomic E-state index is -0.244. The van der Waals surface area contributed by atoms with Gasteiger partial charge in [-0.15, -0.1) is 0 Å². The zero-order chi connectivity index (χ0) is 14.7. The summed E-state index contributed by atoms with van der Waals surface area (Å²) >= 11 is 0. The average molecular weight is 294 g/mol. The minimum absolute atomic E-state index is 0.244. The van der Waals surface area contributed by atoms with Crippen LogP contribution in [0, 0.1) is 5.82 Å². The van der Waals surface area contributed by atoms with Gasteiger partial charge in [-0.2, -0.15) is 5.10 Å². The van der Waals surface area contributed by atoms with Crippen LogP contribution in [0.5, 0.6) is 0 Å². The maximum Gasteiger partial charge on any atom is 0.155 e. The molecule has 2 aliphatic heterocycles. The number of aromatic nitrogens is 3. The summed E-state index contributed by atoms with van der Waals surface area (Å²) in [5, 5.41) is 8.32. The molecule has 2 bridgehead atoms. The first kappa shape index (κ1) is 12.3. The summed E-state index contributed by atoms with van der Waals surface area (Å²) in [6.45, 7) is 0. The van der Waals surface area contributed by atoms with Gasteiger partial charge >= 0.3 is 0 Å². The number of benzene rings is 1. The second-order valence-electron chi connectivity index (χ2n) is 6.17. The third-order valence-corrected chi connectivity index (χ3v) is 4.79. The fourth-order valence-corrected chi connectivity index (χ4v) is 3.74. The first-order valence-corrected chi connectivity index (χ1v) is 7.67. The second-order valence-corrected chi connectivity index (χ2v) is 6.17. The highest BCUT2D eigenvalue weighted by atomic mass is 19.1. The Morgan fingerprint density at radius 1 is 1.23 bits per heavy atom. The number of nitrogens with one attached hydrogen (secondary N) is 1.